The molecule has 1 aliphatic heterocycles. The summed E-state index contributed by atoms with van der Waals surface area (Å²) in [5, 5.41) is 10.8. The molecule has 3 aliphatic carbocycles. The molecule has 1 N–H and O–H groups in total. The average Bonchev–Trinajstić information content (AvgIpc) is 3.37. The maximum atomic E-state index is 15.1. The molecule has 4 aliphatic rings. The standard InChI is InChI=1S/C42H34INO5/c1-23-19-26(20-24(2)38(23)46)37-30-17-18-31-36(41(49)44(40(31)48)29-15-13-28(43)14-16-29)33(30)21-34-39(47)32(25-9-5-3-6-10-25)22-35(45)42(34,37)27-11-7-4-8-12-27/h3-17,19-20,22,31,33-34,36-37,46H,18,21H2,1-2H3/t31-,33+,34-,36-,37-,42-/m0/s1. The zero-order chi connectivity index (χ0) is 34.2. The molecule has 6 nitrogen and oxygen atoms in total. The number of rotatable bonds is 4. The van der Waals surface area contributed by atoms with Crippen LogP contribution >= 0.6 is 22.6 Å². The minimum absolute atomic E-state index is 0.140. The number of anilines is 1. The fourth-order valence-electron chi connectivity index (χ4n) is 9.25. The Bertz CT molecular complexity index is 2100. The number of aryl methyl sites for hydroxylation is 2. The van der Waals surface area contributed by atoms with Crippen molar-refractivity contribution in [2.45, 2.75) is 38.0 Å². The van der Waals surface area contributed by atoms with E-state index in [0.29, 0.717) is 34.4 Å². The fourth-order valence-corrected chi connectivity index (χ4v) is 9.61. The van der Waals surface area contributed by atoms with Gasteiger partial charge in [0, 0.05) is 21.0 Å². The summed E-state index contributed by atoms with van der Waals surface area (Å²) in [5.74, 6) is -3.71. The van der Waals surface area contributed by atoms with Crippen molar-refractivity contribution >= 4 is 57.2 Å². The Morgan fingerprint density at radius 1 is 0.796 bits per heavy atom. The lowest BCUT2D eigenvalue weighted by molar-refractivity contribution is -0.135. The van der Waals surface area contributed by atoms with E-state index in [1.165, 1.54) is 11.0 Å². The van der Waals surface area contributed by atoms with E-state index < -0.39 is 35.0 Å². The number of Topliss-reactive ketones (excluding diaryl/α,β-unsaturated/α-hetero) is 1. The van der Waals surface area contributed by atoms with Crippen molar-refractivity contribution in [2.24, 2.45) is 23.7 Å². The predicted molar refractivity (Wildman–Crippen MR) is 196 cm³/mol. The van der Waals surface area contributed by atoms with Crippen LogP contribution in [0, 0.1) is 41.1 Å². The van der Waals surface area contributed by atoms with Crippen LogP contribution < -0.4 is 4.90 Å². The average molecular weight is 760 g/mol. The number of carbonyl (C=O) groups excluding carboxylic acids is 4. The van der Waals surface area contributed by atoms with Crippen molar-refractivity contribution in [1.82, 2.24) is 0 Å². The lowest BCUT2D eigenvalue weighted by atomic mass is 9.44. The maximum Gasteiger partial charge on any atom is 0.238 e. The van der Waals surface area contributed by atoms with E-state index in [0.717, 1.165) is 20.3 Å². The van der Waals surface area contributed by atoms with Crippen LogP contribution in [-0.4, -0.2) is 28.5 Å². The highest BCUT2D eigenvalue weighted by atomic mass is 127. The minimum atomic E-state index is -1.30. The number of imide groups is 1. The summed E-state index contributed by atoms with van der Waals surface area (Å²) < 4.78 is 0.997. The zero-order valence-corrected chi connectivity index (χ0v) is 29.3. The second kappa shape index (κ2) is 11.8. The molecule has 1 saturated heterocycles. The molecule has 0 radical (unpaired) electrons. The van der Waals surface area contributed by atoms with Gasteiger partial charge in [0.05, 0.1) is 22.9 Å². The second-order valence-electron chi connectivity index (χ2n) is 13.8. The van der Waals surface area contributed by atoms with Gasteiger partial charge in [-0.2, -0.15) is 0 Å². The van der Waals surface area contributed by atoms with Crippen molar-refractivity contribution in [3.05, 3.63) is 146 Å². The van der Waals surface area contributed by atoms with Gasteiger partial charge in [-0.15, -0.1) is 0 Å². The Hall–Kier alpha value is -4.63. The third-order valence-corrected chi connectivity index (χ3v) is 12.0. The molecule has 2 amide bonds. The molecule has 6 atom stereocenters. The number of halogens is 1. The SMILES string of the molecule is Cc1cc([C@H]2C3=CC[C@@H]4C(=O)N(c5ccc(I)cc5)C(=O)[C@@H]4[C@@H]3C[C@H]3C(=O)C(c4ccccc4)=CC(=O)[C@@]23c2ccccc2)cc(C)c1O. The summed E-state index contributed by atoms with van der Waals surface area (Å²) >= 11 is 2.20. The number of hydrogen-bond acceptors (Lipinski definition) is 5. The number of benzene rings is 4. The Morgan fingerprint density at radius 3 is 2.08 bits per heavy atom. The van der Waals surface area contributed by atoms with Gasteiger partial charge in [-0.05, 0) is 113 Å². The Morgan fingerprint density at radius 2 is 1.43 bits per heavy atom. The first kappa shape index (κ1) is 31.6. The number of allylic oxidation sites excluding steroid dienone is 4. The van der Waals surface area contributed by atoms with Crippen LogP contribution in [0.3, 0.4) is 0 Å². The molecule has 2 fully saturated rings. The Labute approximate surface area is 298 Å². The number of phenols is 1. The highest BCUT2D eigenvalue weighted by molar-refractivity contribution is 14.1. The molecule has 0 bridgehead atoms. The van der Waals surface area contributed by atoms with Crippen LogP contribution in [0.5, 0.6) is 5.75 Å². The number of hydrogen-bond donors (Lipinski definition) is 1. The molecule has 1 heterocycles. The maximum absolute atomic E-state index is 15.1. The molecular weight excluding hydrogens is 725 g/mol. The fraction of sp³-hybridized carbons (Fsp3) is 0.238. The molecular formula is C42H34INO5. The van der Waals surface area contributed by atoms with Crippen molar-refractivity contribution in [3.8, 4) is 5.75 Å². The second-order valence-corrected chi connectivity index (χ2v) is 15.0. The predicted octanol–water partition coefficient (Wildman–Crippen LogP) is 7.64. The van der Waals surface area contributed by atoms with Gasteiger partial charge in [0.25, 0.3) is 0 Å². The van der Waals surface area contributed by atoms with Gasteiger partial charge in [-0.3, -0.25) is 24.1 Å². The van der Waals surface area contributed by atoms with Gasteiger partial charge < -0.3 is 5.11 Å². The van der Waals surface area contributed by atoms with Crippen molar-refractivity contribution in [1.29, 1.82) is 0 Å². The van der Waals surface area contributed by atoms with Crippen LogP contribution in [-0.2, 0) is 24.6 Å². The number of carbonyl (C=O) groups is 4. The van der Waals surface area contributed by atoms with Gasteiger partial charge in [0.15, 0.2) is 11.6 Å². The lowest BCUT2D eigenvalue weighted by Gasteiger charge is -2.55. The topological polar surface area (TPSA) is 91.8 Å². The molecule has 244 valence electrons. The smallest absolute Gasteiger partial charge is 0.238 e. The number of phenolic OH excluding ortho intramolecular Hbond substituents is 1. The van der Waals surface area contributed by atoms with Crippen molar-refractivity contribution < 1.29 is 24.3 Å². The van der Waals surface area contributed by atoms with Gasteiger partial charge >= 0.3 is 0 Å². The summed E-state index contributed by atoms with van der Waals surface area (Å²) in [6, 6.07) is 30.0. The van der Waals surface area contributed by atoms with Crippen LogP contribution in [0.15, 0.2) is 115 Å². The molecule has 0 unspecified atom stereocenters. The first-order chi connectivity index (χ1) is 23.6. The van der Waals surface area contributed by atoms with E-state index >= 15 is 9.59 Å². The zero-order valence-electron chi connectivity index (χ0n) is 27.1. The van der Waals surface area contributed by atoms with Crippen molar-refractivity contribution in [3.63, 3.8) is 0 Å². The van der Waals surface area contributed by atoms with E-state index in [-0.39, 0.29) is 35.6 Å². The van der Waals surface area contributed by atoms with Gasteiger partial charge in [0.2, 0.25) is 11.8 Å². The van der Waals surface area contributed by atoms with E-state index in [2.05, 4.69) is 28.7 Å². The third kappa shape index (κ3) is 4.65. The Kier molecular flexibility index (Phi) is 7.59. The number of nitrogens with zero attached hydrogens (tertiary/aromatic N) is 1. The number of amides is 2. The quantitative estimate of drug-likeness (QED) is 0.131. The number of aromatic hydroxyl groups is 1. The van der Waals surface area contributed by atoms with Crippen molar-refractivity contribution in [2.75, 3.05) is 4.90 Å². The summed E-state index contributed by atoms with van der Waals surface area (Å²) in [5.41, 5.74) is 4.07. The third-order valence-electron chi connectivity index (χ3n) is 11.3. The number of ketones is 2. The molecule has 0 spiro atoms. The van der Waals surface area contributed by atoms with Gasteiger partial charge in [0.1, 0.15) is 5.75 Å². The minimum Gasteiger partial charge on any atom is -0.507 e. The van der Waals surface area contributed by atoms with Gasteiger partial charge in [-0.1, -0.05) is 84.4 Å². The van der Waals surface area contributed by atoms with Crippen LogP contribution in [0.4, 0.5) is 5.69 Å². The molecule has 4 aromatic carbocycles. The highest BCUT2D eigenvalue weighted by Crippen LogP contribution is 2.64. The summed E-state index contributed by atoms with van der Waals surface area (Å²) in [4.78, 5) is 60.0. The summed E-state index contributed by atoms with van der Waals surface area (Å²) in [7, 11) is 0. The Balaban J connectivity index is 1.37. The molecule has 49 heavy (non-hydrogen) atoms. The lowest BCUT2D eigenvalue weighted by Crippen LogP contribution is -2.58. The van der Waals surface area contributed by atoms with E-state index in [4.69, 9.17) is 0 Å². The molecule has 4 aromatic rings. The van der Waals surface area contributed by atoms with Gasteiger partial charge in [-0.25, -0.2) is 0 Å². The van der Waals surface area contributed by atoms with E-state index in [9.17, 15) is 14.7 Å². The molecule has 0 aromatic heterocycles. The van der Waals surface area contributed by atoms with Crippen LogP contribution in [0.1, 0.15) is 46.6 Å². The largest absolute Gasteiger partial charge is 0.507 e. The molecule has 7 heteroatoms. The number of fused-ring (bicyclic) bond motifs is 4. The highest BCUT2D eigenvalue weighted by Gasteiger charge is 2.66. The van der Waals surface area contributed by atoms with E-state index in [1.54, 1.807) is 12.1 Å². The monoisotopic (exact) mass is 759 g/mol. The van der Waals surface area contributed by atoms with Crippen LogP contribution in [0.25, 0.3) is 5.57 Å². The first-order valence-corrected chi connectivity index (χ1v) is 17.8. The summed E-state index contributed by atoms with van der Waals surface area (Å²) in [6.45, 7) is 3.67. The summed E-state index contributed by atoms with van der Waals surface area (Å²) in [6.07, 6.45) is 4.22. The van der Waals surface area contributed by atoms with Crippen LogP contribution in [0.2, 0.25) is 0 Å². The van der Waals surface area contributed by atoms with E-state index in [1.807, 2.05) is 98.8 Å². The first-order valence-electron chi connectivity index (χ1n) is 16.7. The molecule has 8 rings (SSSR count). The molecule has 1 saturated carbocycles. The normalized spacial score (nSPS) is 27.7.